The standard InChI is InChI=1S/C9H18N2O2/c1-13-6-8(10)9(12)11-7-4-2-3-5-7/h7-8H,2-6,10H2,1H3,(H,11,12). The molecule has 4 nitrogen and oxygen atoms in total. The van der Waals surface area contributed by atoms with Gasteiger partial charge in [-0.05, 0) is 12.8 Å². The van der Waals surface area contributed by atoms with Crippen LogP contribution in [0.1, 0.15) is 25.7 Å². The molecule has 1 aliphatic rings. The number of amides is 1. The summed E-state index contributed by atoms with van der Waals surface area (Å²) in [4.78, 5) is 11.4. The Labute approximate surface area is 78.8 Å². The van der Waals surface area contributed by atoms with Crippen molar-refractivity contribution in [2.24, 2.45) is 5.73 Å². The van der Waals surface area contributed by atoms with E-state index in [4.69, 9.17) is 10.5 Å². The van der Waals surface area contributed by atoms with Crippen molar-refractivity contribution in [2.75, 3.05) is 13.7 Å². The minimum atomic E-state index is -0.523. The fourth-order valence-corrected chi connectivity index (χ4v) is 1.63. The monoisotopic (exact) mass is 186 g/mol. The minimum Gasteiger partial charge on any atom is -0.383 e. The van der Waals surface area contributed by atoms with Crippen molar-refractivity contribution < 1.29 is 9.53 Å². The molecule has 1 amide bonds. The largest absolute Gasteiger partial charge is 0.383 e. The van der Waals surface area contributed by atoms with Gasteiger partial charge in [-0.25, -0.2) is 0 Å². The lowest BCUT2D eigenvalue weighted by molar-refractivity contribution is -0.124. The van der Waals surface area contributed by atoms with E-state index in [2.05, 4.69) is 5.32 Å². The van der Waals surface area contributed by atoms with Crippen molar-refractivity contribution in [1.82, 2.24) is 5.32 Å². The third kappa shape index (κ3) is 3.32. The lowest BCUT2D eigenvalue weighted by atomic mass is 10.2. The van der Waals surface area contributed by atoms with Crippen LogP contribution < -0.4 is 11.1 Å². The molecule has 0 aromatic carbocycles. The molecule has 0 radical (unpaired) electrons. The maximum absolute atomic E-state index is 11.4. The van der Waals surface area contributed by atoms with Gasteiger partial charge in [0.1, 0.15) is 6.04 Å². The molecular formula is C9H18N2O2. The van der Waals surface area contributed by atoms with Crippen LogP contribution in [0.5, 0.6) is 0 Å². The Kier molecular flexibility index (Phi) is 4.18. The molecule has 0 aromatic rings. The average molecular weight is 186 g/mol. The summed E-state index contributed by atoms with van der Waals surface area (Å²) in [7, 11) is 1.54. The smallest absolute Gasteiger partial charge is 0.239 e. The first-order chi connectivity index (χ1) is 6.24. The van der Waals surface area contributed by atoms with Crippen LogP contribution in [0.2, 0.25) is 0 Å². The molecule has 13 heavy (non-hydrogen) atoms. The summed E-state index contributed by atoms with van der Waals surface area (Å²) < 4.78 is 4.80. The van der Waals surface area contributed by atoms with Gasteiger partial charge in [0.15, 0.2) is 0 Å². The summed E-state index contributed by atoms with van der Waals surface area (Å²) in [6.45, 7) is 0.290. The molecule has 4 heteroatoms. The Morgan fingerprint density at radius 2 is 2.23 bits per heavy atom. The van der Waals surface area contributed by atoms with Crippen LogP contribution in [0.25, 0.3) is 0 Å². The van der Waals surface area contributed by atoms with Crippen LogP contribution in [-0.4, -0.2) is 31.7 Å². The van der Waals surface area contributed by atoms with Gasteiger partial charge in [-0.3, -0.25) is 4.79 Å². The van der Waals surface area contributed by atoms with Crippen molar-refractivity contribution in [3.05, 3.63) is 0 Å². The van der Waals surface area contributed by atoms with Crippen LogP contribution in [0.15, 0.2) is 0 Å². The normalized spacial score (nSPS) is 20.2. The van der Waals surface area contributed by atoms with E-state index in [-0.39, 0.29) is 5.91 Å². The van der Waals surface area contributed by atoms with E-state index >= 15 is 0 Å². The Balaban J connectivity index is 2.22. The Morgan fingerprint density at radius 1 is 1.62 bits per heavy atom. The van der Waals surface area contributed by atoms with Crippen molar-refractivity contribution in [2.45, 2.75) is 37.8 Å². The van der Waals surface area contributed by atoms with Crippen LogP contribution in [-0.2, 0) is 9.53 Å². The third-order valence-corrected chi connectivity index (χ3v) is 2.38. The average Bonchev–Trinajstić information content (AvgIpc) is 2.57. The van der Waals surface area contributed by atoms with Crippen molar-refractivity contribution >= 4 is 5.91 Å². The number of methoxy groups -OCH3 is 1. The molecule has 3 N–H and O–H groups in total. The number of hydrogen-bond acceptors (Lipinski definition) is 3. The van der Waals surface area contributed by atoms with Crippen molar-refractivity contribution in [1.29, 1.82) is 0 Å². The number of nitrogens with two attached hydrogens (primary N) is 1. The van der Waals surface area contributed by atoms with E-state index in [1.807, 2.05) is 0 Å². The first-order valence-electron chi connectivity index (χ1n) is 4.79. The van der Waals surface area contributed by atoms with Gasteiger partial charge in [-0.2, -0.15) is 0 Å². The first-order valence-corrected chi connectivity index (χ1v) is 4.79. The summed E-state index contributed by atoms with van der Waals surface area (Å²) in [5, 5.41) is 2.92. The summed E-state index contributed by atoms with van der Waals surface area (Å²) >= 11 is 0. The van der Waals surface area contributed by atoms with E-state index in [0.717, 1.165) is 12.8 Å². The van der Waals surface area contributed by atoms with E-state index in [0.29, 0.717) is 12.6 Å². The number of carbonyl (C=O) groups excluding carboxylic acids is 1. The number of ether oxygens (including phenoxy) is 1. The molecule has 1 rings (SSSR count). The Bertz CT molecular complexity index is 167. The molecule has 0 bridgehead atoms. The highest BCUT2D eigenvalue weighted by atomic mass is 16.5. The molecule has 1 atom stereocenters. The molecule has 1 fully saturated rings. The van der Waals surface area contributed by atoms with Gasteiger partial charge in [0.2, 0.25) is 5.91 Å². The van der Waals surface area contributed by atoms with E-state index < -0.39 is 6.04 Å². The predicted molar refractivity (Wildman–Crippen MR) is 50.3 cm³/mol. The summed E-state index contributed by atoms with van der Waals surface area (Å²) in [5.41, 5.74) is 5.57. The topological polar surface area (TPSA) is 64.3 Å². The summed E-state index contributed by atoms with van der Waals surface area (Å²) in [6.07, 6.45) is 4.60. The maximum atomic E-state index is 11.4. The second-order valence-electron chi connectivity index (χ2n) is 3.55. The second-order valence-corrected chi connectivity index (χ2v) is 3.55. The van der Waals surface area contributed by atoms with E-state index in [9.17, 15) is 4.79 Å². The zero-order valence-electron chi connectivity index (χ0n) is 8.08. The molecule has 0 aliphatic heterocycles. The van der Waals surface area contributed by atoms with Gasteiger partial charge in [0, 0.05) is 13.2 Å². The van der Waals surface area contributed by atoms with Gasteiger partial charge in [-0.1, -0.05) is 12.8 Å². The van der Waals surface area contributed by atoms with Crippen LogP contribution in [0, 0.1) is 0 Å². The molecular weight excluding hydrogens is 168 g/mol. The predicted octanol–water partition coefficient (Wildman–Crippen LogP) is 0.0189. The molecule has 1 aliphatic carbocycles. The van der Waals surface area contributed by atoms with Crippen LogP contribution in [0.4, 0.5) is 0 Å². The second kappa shape index (κ2) is 5.19. The SMILES string of the molecule is COCC(N)C(=O)NC1CCCC1. The highest BCUT2D eigenvalue weighted by Gasteiger charge is 2.20. The van der Waals surface area contributed by atoms with E-state index in [1.165, 1.54) is 12.8 Å². The highest BCUT2D eigenvalue weighted by molar-refractivity contribution is 5.81. The number of rotatable bonds is 4. The van der Waals surface area contributed by atoms with Crippen LogP contribution >= 0.6 is 0 Å². The number of hydrogen-bond donors (Lipinski definition) is 2. The molecule has 1 saturated carbocycles. The summed E-state index contributed by atoms with van der Waals surface area (Å²) in [5.74, 6) is -0.0891. The minimum absolute atomic E-state index is 0.0891. The number of carbonyl (C=O) groups is 1. The zero-order chi connectivity index (χ0) is 9.68. The van der Waals surface area contributed by atoms with Crippen molar-refractivity contribution in [3.63, 3.8) is 0 Å². The quantitative estimate of drug-likeness (QED) is 0.650. The molecule has 1 unspecified atom stereocenters. The van der Waals surface area contributed by atoms with Gasteiger partial charge in [-0.15, -0.1) is 0 Å². The first kappa shape index (κ1) is 10.5. The fraction of sp³-hybridized carbons (Fsp3) is 0.889. The molecule has 0 spiro atoms. The lowest BCUT2D eigenvalue weighted by Crippen LogP contribution is -2.46. The van der Waals surface area contributed by atoms with Crippen LogP contribution in [0.3, 0.4) is 0 Å². The summed E-state index contributed by atoms with van der Waals surface area (Å²) in [6, 6.07) is -0.180. The van der Waals surface area contributed by atoms with Gasteiger partial charge >= 0.3 is 0 Å². The van der Waals surface area contributed by atoms with E-state index in [1.54, 1.807) is 7.11 Å². The molecule has 0 saturated heterocycles. The van der Waals surface area contributed by atoms with Gasteiger partial charge in [0.25, 0.3) is 0 Å². The van der Waals surface area contributed by atoms with Gasteiger partial charge < -0.3 is 15.8 Å². The highest BCUT2D eigenvalue weighted by Crippen LogP contribution is 2.17. The molecule has 76 valence electrons. The Morgan fingerprint density at radius 3 is 2.77 bits per heavy atom. The van der Waals surface area contributed by atoms with Crippen molar-refractivity contribution in [3.8, 4) is 0 Å². The third-order valence-electron chi connectivity index (χ3n) is 2.38. The zero-order valence-corrected chi connectivity index (χ0v) is 8.08. The Hall–Kier alpha value is -0.610. The fourth-order valence-electron chi connectivity index (χ4n) is 1.63. The molecule has 0 aromatic heterocycles. The van der Waals surface area contributed by atoms with Gasteiger partial charge in [0.05, 0.1) is 6.61 Å². The maximum Gasteiger partial charge on any atom is 0.239 e. The molecule has 0 heterocycles. The number of nitrogens with one attached hydrogen (secondary N) is 1. The lowest BCUT2D eigenvalue weighted by Gasteiger charge is -2.15.